The van der Waals surface area contributed by atoms with Crippen LogP contribution in [0.2, 0.25) is 0 Å². The maximum absolute atomic E-state index is 13.5. The molecule has 44 heavy (non-hydrogen) atoms. The first-order valence-electron chi connectivity index (χ1n) is 13.3. The number of benzene rings is 1. The molecule has 17 heteroatoms. The van der Waals surface area contributed by atoms with Gasteiger partial charge >= 0.3 is 5.97 Å². The van der Waals surface area contributed by atoms with Gasteiger partial charge in [0.05, 0.1) is 19.3 Å². The summed E-state index contributed by atoms with van der Waals surface area (Å²) < 4.78 is 12.5. The van der Waals surface area contributed by atoms with Crippen LogP contribution in [0.25, 0.3) is 0 Å². The zero-order valence-corrected chi connectivity index (χ0v) is 25.7. The Bertz CT molecular complexity index is 1620. The van der Waals surface area contributed by atoms with Gasteiger partial charge in [-0.25, -0.2) is 9.78 Å². The molecule has 0 radical (unpaired) electrons. The molecule has 2 amide bonds. The van der Waals surface area contributed by atoms with Gasteiger partial charge in [0, 0.05) is 33.9 Å². The van der Waals surface area contributed by atoms with E-state index in [1.807, 2.05) is 30.6 Å². The Morgan fingerprint density at radius 3 is 2.80 bits per heavy atom. The quantitative estimate of drug-likeness (QED) is 0.0812. The maximum atomic E-state index is 13.5. The minimum atomic E-state index is -1.18. The molecule has 14 nitrogen and oxygen atoms in total. The summed E-state index contributed by atoms with van der Waals surface area (Å²) in [6, 6.07) is 7.19. The van der Waals surface area contributed by atoms with Gasteiger partial charge < -0.3 is 25.6 Å². The molecule has 3 aromatic rings. The van der Waals surface area contributed by atoms with Gasteiger partial charge in [0.25, 0.3) is 5.91 Å². The third kappa shape index (κ3) is 6.14. The van der Waals surface area contributed by atoms with Gasteiger partial charge in [-0.05, 0) is 23.3 Å². The second kappa shape index (κ2) is 12.9. The molecule has 1 unspecified atom stereocenters. The number of nitrogens with zero attached hydrogens (tertiary/aromatic N) is 3. The number of carboxylic acid groups (broad SMARTS) is 1. The number of carbonyl (C=O) groups is 3. The Hall–Kier alpha value is -4.03. The first kappa shape index (κ1) is 30.0. The number of ether oxygens (including phenoxy) is 2. The van der Waals surface area contributed by atoms with E-state index in [1.165, 1.54) is 28.4 Å². The highest BCUT2D eigenvalue weighted by Gasteiger charge is 2.54. The average Bonchev–Trinajstić information content (AvgIpc) is 3.68. The van der Waals surface area contributed by atoms with Crippen LogP contribution in [0, 0.1) is 0 Å². The summed E-state index contributed by atoms with van der Waals surface area (Å²) in [7, 11) is 1.80. The molecule has 6 rings (SSSR count). The van der Waals surface area contributed by atoms with Crippen LogP contribution in [0.15, 0.2) is 64.3 Å². The van der Waals surface area contributed by atoms with E-state index in [4.69, 9.17) is 20.0 Å². The van der Waals surface area contributed by atoms with Crippen molar-refractivity contribution in [3.8, 4) is 11.5 Å². The number of nitrogens with two attached hydrogens (primary N) is 1. The Morgan fingerprint density at radius 2 is 2.07 bits per heavy atom. The molecule has 0 aliphatic carbocycles. The number of anilines is 1. The highest BCUT2D eigenvalue weighted by atomic mass is 32.2. The predicted octanol–water partition coefficient (Wildman–Crippen LogP) is 1.21. The SMILES string of the molecule is CN[n+]1ccc(SCC2=C(C(=O)O)N3C(=O)[C@@H](NC(=O)C(NOCc4ccc5c(c4)OCO5)c4csc(N)n4)[C@H]3SC2)cc1. The van der Waals surface area contributed by atoms with E-state index in [1.54, 1.807) is 29.2 Å². The lowest BCUT2D eigenvalue weighted by Crippen LogP contribution is -2.71. The number of fused-ring (bicyclic) bond motifs is 2. The first-order valence-corrected chi connectivity index (χ1v) is 16.2. The number of β-lactam (4-membered cyclic amide) rings is 1. The Morgan fingerprint density at radius 1 is 1.27 bits per heavy atom. The number of nitrogen functional groups attached to an aromatic ring is 1. The molecule has 1 fully saturated rings. The third-order valence-electron chi connectivity index (χ3n) is 6.99. The van der Waals surface area contributed by atoms with E-state index >= 15 is 0 Å². The number of carbonyl (C=O) groups excluding carboxylic acids is 2. The van der Waals surface area contributed by atoms with Crippen molar-refractivity contribution in [1.82, 2.24) is 20.7 Å². The van der Waals surface area contributed by atoms with Crippen molar-refractivity contribution >= 4 is 57.8 Å². The number of hydrogen-bond acceptors (Lipinski definition) is 13. The predicted molar refractivity (Wildman–Crippen MR) is 162 cm³/mol. The van der Waals surface area contributed by atoms with Crippen LogP contribution in [0.3, 0.4) is 0 Å². The lowest BCUT2D eigenvalue weighted by Gasteiger charge is -2.49. The minimum Gasteiger partial charge on any atom is -0.477 e. The van der Waals surface area contributed by atoms with Crippen LogP contribution in [0.1, 0.15) is 17.3 Å². The number of hydrogen-bond donors (Lipinski definition) is 5. The van der Waals surface area contributed by atoms with E-state index in [0.717, 1.165) is 21.8 Å². The van der Waals surface area contributed by atoms with Crippen molar-refractivity contribution in [3.05, 3.63) is 70.6 Å². The lowest BCUT2D eigenvalue weighted by molar-refractivity contribution is -0.647. The van der Waals surface area contributed by atoms with Crippen LogP contribution in [-0.2, 0) is 25.8 Å². The van der Waals surface area contributed by atoms with E-state index in [9.17, 15) is 19.5 Å². The number of nitrogens with one attached hydrogen (secondary N) is 3. The van der Waals surface area contributed by atoms with Gasteiger partial charge in [-0.3, -0.25) is 19.3 Å². The van der Waals surface area contributed by atoms with Gasteiger partial charge in [0.15, 0.2) is 22.7 Å². The number of aromatic nitrogens is 2. The van der Waals surface area contributed by atoms with E-state index in [0.29, 0.717) is 34.3 Å². The fourth-order valence-corrected chi connectivity index (χ4v) is 7.74. The molecular formula is C27H28N7O7S3+. The summed E-state index contributed by atoms with van der Waals surface area (Å²) in [5, 5.41) is 14.1. The van der Waals surface area contributed by atoms with E-state index in [-0.39, 0.29) is 24.2 Å². The molecule has 1 aromatic carbocycles. The summed E-state index contributed by atoms with van der Waals surface area (Å²) in [6.07, 6.45) is 3.72. The van der Waals surface area contributed by atoms with Gasteiger partial charge in [-0.1, -0.05) is 10.7 Å². The third-order valence-corrected chi connectivity index (χ3v) is 10.1. The van der Waals surface area contributed by atoms with Gasteiger partial charge in [0.2, 0.25) is 25.1 Å². The van der Waals surface area contributed by atoms with Crippen LogP contribution >= 0.6 is 34.9 Å². The molecule has 230 valence electrons. The standard InChI is InChI=1S/C27H27N7O7S3/c1-29-33-6-4-16(5-7-33)42-10-15-11-43-25-21(24(36)34(25)22(15)26(37)38)31-23(35)20(17-12-44-27(28)30-17)32-41-9-14-2-3-18-19(8-14)40-13-39-18/h2-8,12,20-21,25,29,32H,9-11,13H2,1H3,(H3-,28,30,31,35,37,38)/p+1/t20?,21-,25-/m1/s1. The lowest BCUT2D eigenvalue weighted by atomic mass is 10.0. The largest absolute Gasteiger partial charge is 0.477 e. The van der Waals surface area contributed by atoms with Crippen molar-refractivity contribution in [3.63, 3.8) is 0 Å². The normalized spacial score (nSPS) is 19.3. The number of rotatable bonds is 12. The topological polar surface area (TPSA) is 181 Å². The highest BCUT2D eigenvalue weighted by Crippen LogP contribution is 2.42. The molecule has 0 spiro atoms. The smallest absolute Gasteiger partial charge is 0.352 e. The molecule has 3 atom stereocenters. The Labute approximate surface area is 263 Å². The van der Waals surface area contributed by atoms with Crippen molar-refractivity contribution in [2.24, 2.45) is 0 Å². The molecule has 5 heterocycles. The number of amides is 2. The van der Waals surface area contributed by atoms with Crippen molar-refractivity contribution in [1.29, 1.82) is 0 Å². The molecule has 3 aliphatic rings. The summed E-state index contributed by atoms with van der Waals surface area (Å²) in [6.45, 7) is 0.248. The van der Waals surface area contributed by atoms with Gasteiger partial charge in [-0.2, -0.15) is 10.9 Å². The van der Waals surface area contributed by atoms with Crippen molar-refractivity contribution in [2.45, 2.75) is 29.0 Å². The molecule has 2 aromatic heterocycles. The maximum Gasteiger partial charge on any atom is 0.352 e. The average molecular weight is 659 g/mol. The zero-order valence-electron chi connectivity index (χ0n) is 23.2. The zero-order chi connectivity index (χ0) is 30.8. The van der Waals surface area contributed by atoms with Gasteiger partial charge in [-0.15, -0.1) is 34.9 Å². The number of carboxylic acids is 1. The van der Waals surface area contributed by atoms with Crippen LogP contribution in [0.5, 0.6) is 11.5 Å². The Balaban J connectivity index is 1.11. The van der Waals surface area contributed by atoms with Crippen molar-refractivity contribution in [2.75, 3.05) is 36.5 Å². The minimum absolute atomic E-state index is 0.0352. The molecule has 0 saturated carbocycles. The van der Waals surface area contributed by atoms with Crippen molar-refractivity contribution < 1.29 is 38.5 Å². The summed E-state index contributed by atoms with van der Waals surface area (Å²) in [5.41, 5.74) is 13.2. The molecule has 3 aliphatic heterocycles. The van der Waals surface area contributed by atoms with Crippen LogP contribution in [0.4, 0.5) is 5.13 Å². The summed E-state index contributed by atoms with van der Waals surface area (Å²) in [5.74, 6) is -0.190. The molecule has 6 N–H and O–H groups in total. The number of pyridine rings is 1. The molecule has 1 saturated heterocycles. The van der Waals surface area contributed by atoms with Crippen LogP contribution < -0.4 is 36.1 Å². The number of hydroxylamine groups is 1. The highest BCUT2D eigenvalue weighted by molar-refractivity contribution is 8.01. The fourth-order valence-electron chi connectivity index (χ4n) is 4.78. The molecular weight excluding hydrogens is 631 g/mol. The second-order valence-electron chi connectivity index (χ2n) is 9.74. The summed E-state index contributed by atoms with van der Waals surface area (Å²) in [4.78, 5) is 51.1. The number of thioether (sulfide) groups is 2. The fraction of sp³-hybridized carbons (Fsp3) is 0.296. The number of thiazole rings is 1. The monoisotopic (exact) mass is 658 g/mol. The van der Waals surface area contributed by atoms with Gasteiger partial charge in [0.1, 0.15) is 17.1 Å². The first-order chi connectivity index (χ1) is 21.3. The number of aliphatic carboxylic acids is 1. The van der Waals surface area contributed by atoms with E-state index < -0.39 is 35.2 Å². The van der Waals surface area contributed by atoms with Crippen LogP contribution in [-0.4, -0.2) is 69.5 Å². The Kier molecular flexibility index (Phi) is 8.81. The van der Waals surface area contributed by atoms with E-state index in [2.05, 4.69) is 21.2 Å². The second-order valence-corrected chi connectivity index (χ2v) is 12.8. The summed E-state index contributed by atoms with van der Waals surface area (Å²) >= 11 is 4.06. The molecule has 0 bridgehead atoms.